The van der Waals surface area contributed by atoms with E-state index >= 15 is 0 Å². The zero-order chi connectivity index (χ0) is 12.8. The standard InChI is InChI=1S/C10H18N2O4/c1-10(2,9(15)16)6-8(14)12-5-3-4-7(11)13/h3-6H2,1-2H3,(H2,11,13)(H,12,14)(H,15,16). The number of aliphatic carboxylic acids is 1. The second-order valence-electron chi connectivity index (χ2n) is 4.29. The topological polar surface area (TPSA) is 109 Å². The third-order valence-corrected chi connectivity index (χ3v) is 2.10. The lowest BCUT2D eigenvalue weighted by Gasteiger charge is -2.18. The van der Waals surface area contributed by atoms with E-state index in [1.807, 2.05) is 0 Å². The van der Waals surface area contributed by atoms with Crippen molar-refractivity contribution in [3.05, 3.63) is 0 Å². The van der Waals surface area contributed by atoms with Crippen LogP contribution in [0, 0.1) is 5.41 Å². The van der Waals surface area contributed by atoms with Crippen molar-refractivity contribution in [1.82, 2.24) is 5.32 Å². The number of carbonyl (C=O) groups is 3. The van der Waals surface area contributed by atoms with Crippen LogP contribution in [-0.2, 0) is 14.4 Å². The van der Waals surface area contributed by atoms with Gasteiger partial charge in [-0.2, -0.15) is 0 Å². The van der Waals surface area contributed by atoms with Crippen LogP contribution in [0.1, 0.15) is 33.1 Å². The Morgan fingerprint density at radius 1 is 1.31 bits per heavy atom. The van der Waals surface area contributed by atoms with Crippen molar-refractivity contribution in [3.63, 3.8) is 0 Å². The molecule has 0 unspecified atom stereocenters. The minimum atomic E-state index is -1.08. The molecule has 92 valence electrons. The summed E-state index contributed by atoms with van der Waals surface area (Å²) in [5.74, 6) is -1.77. The first kappa shape index (κ1) is 14.4. The van der Waals surface area contributed by atoms with Gasteiger partial charge in [-0.25, -0.2) is 0 Å². The van der Waals surface area contributed by atoms with Crippen molar-refractivity contribution >= 4 is 17.8 Å². The summed E-state index contributed by atoms with van der Waals surface area (Å²) in [5, 5.41) is 11.3. The van der Waals surface area contributed by atoms with Crippen LogP contribution in [0.5, 0.6) is 0 Å². The average Bonchev–Trinajstić information content (AvgIpc) is 2.11. The fourth-order valence-electron chi connectivity index (χ4n) is 1.03. The summed E-state index contributed by atoms with van der Waals surface area (Å²) in [6, 6.07) is 0. The van der Waals surface area contributed by atoms with E-state index in [-0.39, 0.29) is 18.7 Å². The molecule has 0 saturated heterocycles. The normalized spacial score (nSPS) is 10.9. The maximum absolute atomic E-state index is 11.3. The van der Waals surface area contributed by atoms with Crippen molar-refractivity contribution < 1.29 is 19.5 Å². The smallest absolute Gasteiger partial charge is 0.309 e. The molecule has 0 aliphatic carbocycles. The highest BCUT2D eigenvalue weighted by Crippen LogP contribution is 2.19. The van der Waals surface area contributed by atoms with Crippen LogP contribution in [0.2, 0.25) is 0 Å². The summed E-state index contributed by atoms with van der Waals surface area (Å²) in [6.07, 6.45) is 0.593. The van der Waals surface area contributed by atoms with Gasteiger partial charge >= 0.3 is 5.97 Å². The molecule has 16 heavy (non-hydrogen) atoms. The van der Waals surface area contributed by atoms with E-state index in [0.29, 0.717) is 13.0 Å². The molecule has 0 heterocycles. The number of hydrogen-bond acceptors (Lipinski definition) is 3. The molecule has 0 radical (unpaired) electrons. The van der Waals surface area contributed by atoms with Crippen molar-refractivity contribution in [2.24, 2.45) is 11.1 Å². The van der Waals surface area contributed by atoms with E-state index < -0.39 is 17.3 Å². The van der Waals surface area contributed by atoms with Crippen LogP contribution >= 0.6 is 0 Å². The van der Waals surface area contributed by atoms with E-state index in [1.54, 1.807) is 0 Å². The summed E-state index contributed by atoms with van der Waals surface area (Å²) in [6.45, 7) is 3.30. The fourth-order valence-corrected chi connectivity index (χ4v) is 1.03. The van der Waals surface area contributed by atoms with Gasteiger partial charge in [-0.15, -0.1) is 0 Å². The molecule has 0 aromatic rings. The van der Waals surface area contributed by atoms with Crippen molar-refractivity contribution in [2.45, 2.75) is 33.1 Å². The van der Waals surface area contributed by atoms with Crippen LogP contribution in [0.15, 0.2) is 0 Å². The van der Waals surface area contributed by atoms with Crippen LogP contribution in [0.25, 0.3) is 0 Å². The summed E-state index contributed by atoms with van der Waals surface area (Å²) < 4.78 is 0. The Hall–Kier alpha value is -1.59. The van der Waals surface area contributed by atoms with Crippen molar-refractivity contribution in [1.29, 1.82) is 0 Å². The van der Waals surface area contributed by atoms with Gasteiger partial charge in [0.2, 0.25) is 11.8 Å². The molecule has 0 spiro atoms. The summed E-state index contributed by atoms with van der Waals surface area (Å²) in [5.41, 5.74) is 3.85. The van der Waals surface area contributed by atoms with Crippen LogP contribution in [0.3, 0.4) is 0 Å². The molecule has 0 saturated carbocycles. The molecule has 0 aromatic heterocycles. The SMILES string of the molecule is CC(C)(CC(=O)NCCCC(N)=O)C(=O)O. The van der Waals surface area contributed by atoms with Gasteiger partial charge in [0.1, 0.15) is 0 Å². The minimum Gasteiger partial charge on any atom is -0.481 e. The molecule has 6 nitrogen and oxygen atoms in total. The van der Waals surface area contributed by atoms with Gasteiger partial charge in [-0.3, -0.25) is 14.4 Å². The lowest BCUT2D eigenvalue weighted by Crippen LogP contribution is -2.34. The zero-order valence-electron chi connectivity index (χ0n) is 9.58. The third kappa shape index (κ3) is 6.00. The second kappa shape index (κ2) is 6.09. The number of carbonyl (C=O) groups excluding carboxylic acids is 2. The average molecular weight is 230 g/mol. The molecule has 2 amide bonds. The molecule has 0 atom stereocenters. The van der Waals surface area contributed by atoms with Gasteiger partial charge in [0.25, 0.3) is 0 Å². The molecule has 0 aromatic carbocycles. The van der Waals surface area contributed by atoms with Crippen molar-refractivity contribution in [2.75, 3.05) is 6.54 Å². The number of carboxylic acid groups (broad SMARTS) is 1. The van der Waals surface area contributed by atoms with Crippen LogP contribution in [-0.4, -0.2) is 29.4 Å². The molecule has 0 aliphatic rings. The summed E-state index contributed by atoms with van der Waals surface area (Å²) in [7, 11) is 0. The Morgan fingerprint density at radius 2 is 1.88 bits per heavy atom. The quantitative estimate of drug-likeness (QED) is 0.529. The van der Waals surface area contributed by atoms with Gasteiger partial charge in [0.05, 0.1) is 5.41 Å². The highest BCUT2D eigenvalue weighted by molar-refractivity contribution is 5.84. The number of carboxylic acids is 1. The lowest BCUT2D eigenvalue weighted by molar-refractivity contribution is -0.149. The van der Waals surface area contributed by atoms with Gasteiger partial charge in [0, 0.05) is 19.4 Å². The van der Waals surface area contributed by atoms with Crippen molar-refractivity contribution in [3.8, 4) is 0 Å². The van der Waals surface area contributed by atoms with Gasteiger partial charge in [-0.1, -0.05) is 0 Å². The highest BCUT2D eigenvalue weighted by atomic mass is 16.4. The monoisotopic (exact) mass is 230 g/mol. The number of hydrogen-bond donors (Lipinski definition) is 3. The predicted octanol–water partition coefficient (Wildman–Crippen LogP) is -0.131. The molecule has 0 aliphatic heterocycles. The first-order valence-electron chi connectivity index (χ1n) is 5.04. The Labute approximate surface area is 94.2 Å². The van der Waals surface area contributed by atoms with E-state index in [2.05, 4.69) is 5.32 Å². The molecule has 6 heteroatoms. The molecular weight excluding hydrogens is 212 g/mol. The molecule has 4 N–H and O–H groups in total. The van der Waals surface area contributed by atoms with Crippen LogP contribution < -0.4 is 11.1 Å². The molecule has 0 rings (SSSR count). The van der Waals surface area contributed by atoms with E-state index in [4.69, 9.17) is 10.8 Å². The lowest BCUT2D eigenvalue weighted by atomic mass is 9.89. The Bertz CT molecular complexity index is 287. The number of amides is 2. The Balaban J connectivity index is 3.83. The van der Waals surface area contributed by atoms with E-state index in [1.165, 1.54) is 13.8 Å². The fraction of sp³-hybridized carbons (Fsp3) is 0.700. The maximum atomic E-state index is 11.3. The van der Waals surface area contributed by atoms with E-state index in [9.17, 15) is 14.4 Å². The molecular formula is C10H18N2O4. The van der Waals surface area contributed by atoms with E-state index in [0.717, 1.165) is 0 Å². The summed E-state index contributed by atoms with van der Waals surface area (Å²) >= 11 is 0. The second-order valence-corrected chi connectivity index (χ2v) is 4.29. The van der Waals surface area contributed by atoms with Crippen LogP contribution in [0.4, 0.5) is 0 Å². The first-order chi connectivity index (χ1) is 7.25. The summed E-state index contributed by atoms with van der Waals surface area (Å²) in [4.78, 5) is 32.4. The Kier molecular flexibility index (Phi) is 5.49. The number of nitrogens with one attached hydrogen (secondary N) is 1. The van der Waals surface area contributed by atoms with Gasteiger partial charge < -0.3 is 16.2 Å². The maximum Gasteiger partial charge on any atom is 0.309 e. The third-order valence-electron chi connectivity index (χ3n) is 2.10. The predicted molar refractivity (Wildman–Crippen MR) is 57.5 cm³/mol. The highest BCUT2D eigenvalue weighted by Gasteiger charge is 2.29. The minimum absolute atomic E-state index is 0.0844. The van der Waals surface area contributed by atoms with Gasteiger partial charge in [-0.05, 0) is 20.3 Å². The number of primary amides is 1. The first-order valence-corrected chi connectivity index (χ1v) is 5.04. The number of nitrogens with two attached hydrogens (primary N) is 1. The number of rotatable bonds is 7. The van der Waals surface area contributed by atoms with Gasteiger partial charge in [0.15, 0.2) is 0 Å². The molecule has 0 fully saturated rings. The zero-order valence-corrected chi connectivity index (χ0v) is 9.58. The molecule has 0 bridgehead atoms. The largest absolute Gasteiger partial charge is 0.481 e. The Morgan fingerprint density at radius 3 is 2.31 bits per heavy atom.